The van der Waals surface area contributed by atoms with Crippen LogP contribution in [0.15, 0.2) is 18.2 Å². The Balaban J connectivity index is 1.68. The van der Waals surface area contributed by atoms with E-state index in [9.17, 15) is 14.0 Å². The van der Waals surface area contributed by atoms with Crippen molar-refractivity contribution in [2.75, 3.05) is 19.7 Å². The molecular formula is C23H34FNO4. The van der Waals surface area contributed by atoms with Crippen LogP contribution in [0, 0.1) is 11.7 Å². The van der Waals surface area contributed by atoms with Crippen molar-refractivity contribution < 1.29 is 23.5 Å². The third-order valence-electron chi connectivity index (χ3n) is 5.01. The van der Waals surface area contributed by atoms with Gasteiger partial charge in [0.15, 0.2) is 5.78 Å². The van der Waals surface area contributed by atoms with Crippen molar-refractivity contribution in [1.29, 1.82) is 0 Å². The summed E-state index contributed by atoms with van der Waals surface area (Å²) in [6, 6.07) is 4.46. The van der Waals surface area contributed by atoms with Gasteiger partial charge in [0.2, 0.25) is 0 Å². The number of likely N-dealkylation sites (tertiary alicyclic amines) is 1. The van der Waals surface area contributed by atoms with Gasteiger partial charge in [0.05, 0.1) is 12.2 Å². The van der Waals surface area contributed by atoms with Crippen molar-refractivity contribution in [2.24, 2.45) is 5.92 Å². The molecule has 1 heterocycles. The number of carbonyl (C=O) groups is 2. The summed E-state index contributed by atoms with van der Waals surface area (Å²) in [5.74, 6) is 0.322. The molecule has 1 aromatic rings. The fraction of sp³-hybridized carbons (Fsp3) is 0.652. The quantitative estimate of drug-likeness (QED) is 0.415. The van der Waals surface area contributed by atoms with Crippen LogP contribution in [0.2, 0.25) is 0 Å². The molecule has 1 aliphatic heterocycles. The molecule has 0 atom stereocenters. The molecule has 29 heavy (non-hydrogen) atoms. The first-order valence-electron chi connectivity index (χ1n) is 10.6. The number of piperidine rings is 1. The van der Waals surface area contributed by atoms with E-state index in [0.717, 1.165) is 38.8 Å². The third-order valence-corrected chi connectivity index (χ3v) is 5.01. The van der Waals surface area contributed by atoms with Crippen molar-refractivity contribution in [3.63, 3.8) is 0 Å². The first-order valence-corrected chi connectivity index (χ1v) is 10.6. The Morgan fingerprint density at radius 1 is 1.21 bits per heavy atom. The lowest BCUT2D eigenvalue weighted by molar-refractivity contribution is 0.0179. The van der Waals surface area contributed by atoms with Gasteiger partial charge < -0.3 is 14.4 Å². The zero-order valence-corrected chi connectivity index (χ0v) is 18.1. The minimum absolute atomic E-state index is 0.135. The number of benzene rings is 1. The molecule has 1 aliphatic rings. The molecule has 0 aromatic heterocycles. The van der Waals surface area contributed by atoms with Crippen molar-refractivity contribution in [1.82, 2.24) is 4.90 Å². The summed E-state index contributed by atoms with van der Waals surface area (Å²) < 4.78 is 25.2. The number of ether oxygens (including phenoxy) is 2. The monoisotopic (exact) mass is 407 g/mol. The van der Waals surface area contributed by atoms with Gasteiger partial charge >= 0.3 is 6.09 Å². The van der Waals surface area contributed by atoms with E-state index in [0.29, 0.717) is 31.1 Å². The topological polar surface area (TPSA) is 55.8 Å². The number of nitrogens with zero attached hydrogens (tertiary/aromatic N) is 1. The summed E-state index contributed by atoms with van der Waals surface area (Å²) in [6.45, 7) is 9.47. The van der Waals surface area contributed by atoms with Crippen LogP contribution in [-0.4, -0.2) is 42.1 Å². The number of ketones is 1. The van der Waals surface area contributed by atoms with Crippen LogP contribution >= 0.6 is 0 Å². The summed E-state index contributed by atoms with van der Waals surface area (Å²) >= 11 is 0. The molecule has 2 rings (SSSR count). The highest BCUT2D eigenvalue weighted by Crippen LogP contribution is 2.24. The van der Waals surface area contributed by atoms with Gasteiger partial charge in [-0.25, -0.2) is 9.18 Å². The van der Waals surface area contributed by atoms with E-state index >= 15 is 0 Å². The normalized spacial score (nSPS) is 15.3. The number of hydrogen-bond acceptors (Lipinski definition) is 4. The lowest BCUT2D eigenvalue weighted by atomic mass is 9.92. The first kappa shape index (κ1) is 23.2. The van der Waals surface area contributed by atoms with E-state index in [4.69, 9.17) is 9.47 Å². The first-order chi connectivity index (χ1) is 13.7. The predicted octanol–water partition coefficient (Wildman–Crippen LogP) is 5.61. The summed E-state index contributed by atoms with van der Waals surface area (Å²) in [6.07, 6.45) is 4.62. The highest BCUT2D eigenvalue weighted by Gasteiger charge is 2.26. The molecule has 1 saturated heterocycles. The Bertz CT molecular complexity index is 691. The van der Waals surface area contributed by atoms with E-state index in [1.54, 1.807) is 11.0 Å². The van der Waals surface area contributed by atoms with Crippen molar-refractivity contribution >= 4 is 11.9 Å². The Kier molecular flexibility index (Phi) is 8.47. The Hall–Kier alpha value is -2.11. The number of Topliss-reactive ketones (excluding diaryl/α,β-unsaturated/α-hetero) is 1. The van der Waals surface area contributed by atoms with Crippen LogP contribution in [0.5, 0.6) is 5.75 Å². The number of halogens is 1. The van der Waals surface area contributed by atoms with Gasteiger partial charge in [-0.1, -0.05) is 6.92 Å². The van der Waals surface area contributed by atoms with Crippen LogP contribution < -0.4 is 4.74 Å². The molecule has 0 N–H and O–H groups in total. The van der Waals surface area contributed by atoms with Gasteiger partial charge in [0.25, 0.3) is 0 Å². The third kappa shape index (κ3) is 7.67. The molecule has 0 aliphatic carbocycles. The summed E-state index contributed by atoms with van der Waals surface area (Å²) in [7, 11) is 0. The summed E-state index contributed by atoms with van der Waals surface area (Å²) in [5, 5.41) is 0. The second kappa shape index (κ2) is 10.6. The molecule has 0 unspecified atom stereocenters. The molecule has 0 saturated carbocycles. The SMILES string of the molecule is CCCC(=O)c1ccc(OCCCC2CCN(C(=O)OC(C)(C)C)CC2)cc1F. The summed E-state index contributed by atoms with van der Waals surface area (Å²) in [5.41, 5.74) is -0.331. The predicted molar refractivity (Wildman–Crippen MR) is 111 cm³/mol. The molecule has 162 valence electrons. The molecular weight excluding hydrogens is 373 g/mol. The van der Waals surface area contributed by atoms with Gasteiger partial charge in [0.1, 0.15) is 17.2 Å². The highest BCUT2D eigenvalue weighted by atomic mass is 19.1. The Labute approximate surface area is 173 Å². The van der Waals surface area contributed by atoms with Crippen molar-refractivity contribution in [3.05, 3.63) is 29.6 Å². The average Bonchev–Trinajstić information content (AvgIpc) is 2.64. The lowest BCUT2D eigenvalue weighted by Gasteiger charge is -2.33. The Morgan fingerprint density at radius 3 is 2.48 bits per heavy atom. The minimum atomic E-state index is -0.518. The molecule has 0 spiro atoms. The zero-order chi connectivity index (χ0) is 21.4. The summed E-state index contributed by atoms with van der Waals surface area (Å²) in [4.78, 5) is 25.7. The maximum absolute atomic E-state index is 14.1. The zero-order valence-electron chi connectivity index (χ0n) is 18.1. The molecule has 0 bridgehead atoms. The van der Waals surface area contributed by atoms with E-state index in [-0.39, 0.29) is 17.4 Å². The fourth-order valence-electron chi connectivity index (χ4n) is 3.47. The number of carbonyl (C=O) groups excluding carboxylic acids is 2. The molecule has 6 heteroatoms. The van der Waals surface area contributed by atoms with E-state index in [1.807, 2.05) is 27.7 Å². The van der Waals surface area contributed by atoms with E-state index in [2.05, 4.69) is 0 Å². The standard InChI is InChI=1S/C23H34FNO4/c1-5-7-21(26)19-10-9-18(16-20(19)24)28-15-6-8-17-11-13-25(14-12-17)22(27)29-23(2,3)4/h9-10,16-17H,5-8,11-15H2,1-4H3. The van der Waals surface area contributed by atoms with Crippen LogP contribution in [0.1, 0.15) is 76.6 Å². The maximum Gasteiger partial charge on any atom is 0.410 e. The van der Waals surface area contributed by atoms with Gasteiger partial charge in [-0.05, 0) is 70.9 Å². The smallest absolute Gasteiger partial charge is 0.410 e. The van der Waals surface area contributed by atoms with Gasteiger partial charge in [0, 0.05) is 25.6 Å². The second-order valence-corrected chi connectivity index (χ2v) is 8.72. The average molecular weight is 408 g/mol. The molecule has 1 amide bonds. The van der Waals surface area contributed by atoms with Crippen LogP contribution in [0.25, 0.3) is 0 Å². The van der Waals surface area contributed by atoms with Crippen molar-refractivity contribution in [2.45, 2.75) is 71.8 Å². The maximum atomic E-state index is 14.1. The highest BCUT2D eigenvalue weighted by molar-refractivity contribution is 5.96. The van der Waals surface area contributed by atoms with Crippen molar-refractivity contribution in [3.8, 4) is 5.75 Å². The second-order valence-electron chi connectivity index (χ2n) is 8.72. The van der Waals surface area contributed by atoms with Gasteiger partial charge in [-0.2, -0.15) is 0 Å². The molecule has 1 aromatic carbocycles. The number of amides is 1. The molecule has 0 radical (unpaired) electrons. The lowest BCUT2D eigenvalue weighted by Crippen LogP contribution is -2.41. The molecule has 5 nitrogen and oxygen atoms in total. The van der Waals surface area contributed by atoms with Gasteiger partial charge in [-0.3, -0.25) is 4.79 Å². The number of hydrogen-bond donors (Lipinski definition) is 0. The van der Waals surface area contributed by atoms with E-state index in [1.165, 1.54) is 12.1 Å². The van der Waals surface area contributed by atoms with Crippen LogP contribution in [0.4, 0.5) is 9.18 Å². The fourth-order valence-corrected chi connectivity index (χ4v) is 3.47. The Morgan fingerprint density at radius 2 is 1.90 bits per heavy atom. The van der Waals surface area contributed by atoms with E-state index < -0.39 is 11.4 Å². The molecule has 1 fully saturated rings. The minimum Gasteiger partial charge on any atom is -0.493 e. The van der Waals surface area contributed by atoms with Gasteiger partial charge in [-0.15, -0.1) is 0 Å². The van der Waals surface area contributed by atoms with Crippen LogP contribution in [-0.2, 0) is 4.74 Å². The van der Waals surface area contributed by atoms with Crippen LogP contribution in [0.3, 0.4) is 0 Å². The number of rotatable bonds is 8. The largest absolute Gasteiger partial charge is 0.493 e.